The smallest absolute Gasteiger partial charge is 0.240 e. The molecule has 0 saturated carbocycles. The number of ether oxygens (including phenoxy) is 2. The van der Waals surface area contributed by atoms with Crippen molar-refractivity contribution in [3.8, 4) is 0 Å². The van der Waals surface area contributed by atoms with Crippen LogP contribution < -0.4 is 10.6 Å². The van der Waals surface area contributed by atoms with E-state index in [1.165, 1.54) is 11.8 Å². The van der Waals surface area contributed by atoms with Gasteiger partial charge in [-0.15, -0.1) is 23.4 Å². The fraction of sp³-hybridized carbons (Fsp3) is 0.944. The summed E-state index contributed by atoms with van der Waals surface area (Å²) in [6, 6.07) is -1.59. The molecule has 3 aliphatic heterocycles. The second-order valence-electron chi connectivity index (χ2n) is 8.20. The third-order valence-electron chi connectivity index (χ3n) is 6.12. The highest BCUT2D eigenvalue weighted by Crippen LogP contribution is 2.31. The SMILES string of the molecule is CSC1O[C@H]([C@H](NC(=O)[C@H]2NC[C@@H]3C[C@@H](O)[C@@H](O)CO[C@H]32)[C@H](C)Cl)C(O)C(O)[C@H]1O. The van der Waals surface area contributed by atoms with Crippen LogP contribution in [0.15, 0.2) is 0 Å². The summed E-state index contributed by atoms with van der Waals surface area (Å²) in [5.74, 6) is -0.572. The van der Waals surface area contributed by atoms with Crippen LogP contribution in [-0.2, 0) is 14.3 Å². The first-order valence-electron chi connectivity index (χ1n) is 10.0. The Morgan fingerprint density at radius 3 is 2.50 bits per heavy atom. The molecule has 3 unspecified atom stereocenters. The van der Waals surface area contributed by atoms with E-state index in [4.69, 9.17) is 21.1 Å². The number of amides is 1. The van der Waals surface area contributed by atoms with E-state index in [0.29, 0.717) is 13.0 Å². The average molecular weight is 471 g/mol. The molecular weight excluding hydrogens is 440 g/mol. The van der Waals surface area contributed by atoms with E-state index >= 15 is 0 Å². The number of halogens is 1. The molecule has 174 valence electrons. The number of carbonyl (C=O) groups excluding carboxylic acids is 1. The zero-order valence-corrected chi connectivity index (χ0v) is 18.4. The highest BCUT2D eigenvalue weighted by Gasteiger charge is 2.50. The van der Waals surface area contributed by atoms with E-state index in [2.05, 4.69) is 10.6 Å². The molecule has 0 bridgehead atoms. The van der Waals surface area contributed by atoms with Crippen LogP contribution in [0, 0.1) is 5.92 Å². The van der Waals surface area contributed by atoms with Crippen molar-refractivity contribution in [1.29, 1.82) is 0 Å². The van der Waals surface area contributed by atoms with Gasteiger partial charge in [0.25, 0.3) is 0 Å². The van der Waals surface area contributed by atoms with Crippen LogP contribution in [0.4, 0.5) is 0 Å². The number of rotatable bonds is 5. The van der Waals surface area contributed by atoms with E-state index < -0.39 is 71.5 Å². The zero-order chi connectivity index (χ0) is 22.2. The lowest BCUT2D eigenvalue weighted by Gasteiger charge is -2.44. The first kappa shape index (κ1) is 24.4. The van der Waals surface area contributed by atoms with Crippen molar-refractivity contribution in [3.63, 3.8) is 0 Å². The Balaban J connectivity index is 1.71. The molecule has 12 heteroatoms. The van der Waals surface area contributed by atoms with Crippen LogP contribution >= 0.6 is 23.4 Å². The Hall–Kier alpha value is -0.210. The van der Waals surface area contributed by atoms with Crippen molar-refractivity contribution in [2.24, 2.45) is 5.92 Å². The van der Waals surface area contributed by atoms with Gasteiger partial charge in [0.15, 0.2) is 0 Å². The third-order valence-corrected chi connectivity index (χ3v) is 7.25. The van der Waals surface area contributed by atoms with E-state index in [0.717, 1.165) is 0 Å². The fourth-order valence-electron chi connectivity index (χ4n) is 4.34. The van der Waals surface area contributed by atoms with Crippen molar-refractivity contribution in [2.45, 2.75) is 79.0 Å². The highest BCUT2D eigenvalue weighted by molar-refractivity contribution is 7.99. The molecule has 0 radical (unpaired) electrons. The van der Waals surface area contributed by atoms with Gasteiger partial charge in [0.05, 0.1) is 30.2 Å². The average Bonchev–Trinajstić information content (AvgIpc) is 3.05. The van der Waals surface area contributed by atoms with E-state index in [1.54, 1.807) is 13.2 Å². The van der Waals surface area contributed by atoms with E-state index in [9.17, 15) is 30.3 Å². The molecule has 30 heavy (non-hydrogen) atoms. The Labute approximate surface area is 184 Å². The maximum Gasteiger partial charge on any atom is 0.240 e. The van der Waals surface area contributed by atoms with Gasteiger partial charge in [-0.05, 0) is 19.6 Å². The van der Waals surface area contributed by atoms with Gasteiger partial charge in [-0.25, -0.2) is 0 Å². The molecule has 12 atom stereocenters. The number of hydrogen-bond acceptors (Lipinski definition) is 10. The van der Waals surface area contributed by atoms with Crippen LogP contribution in [0.2, 0.25) is 0 Å². The van der Waals surface area contributed by atoms with Gasteiger partial charge in [-0.2, -0.15) is 0 Å². The number of aliphatic hydroxyl groups excluding tert-OH is 5. The minimum Gasteiger partial charge on any atom is -0.390 e. The lowest BCUT2D eigenvalue weighted by atomic mass is 9.92. The molecule has 3 heterocycles. The molecule has 7 N–H and O–H groups in total. The van der Waals surface area contributed by atoms with Crippen molar-refractivity contribution in [2.75, 3.05) is 19.4 Å². The maximum atomic E-state index is 13.0. The maximum absolute atomic E-state index is 13.0. The van der Waals surface area contributed by atoms with Crippen LogP contribution in [0.3, 0.4) is 0 Å². The van der Waals surface area contributed by atoms with Crippen molar-refractivity contribution < 1.29 is 39.8 Å². The van der Waals surface area contributed by atoms with Gasteiger partial charge < -0.3 is 45.6 Å². The number of alkyl halides is 1. The van der Waals surface area contributed by atoms with Crippen LogP contribution in [0.1, 0.15) is 13.3 Å². The summed E-state index contributed by atoms with van der Waals surface area (Å²) < 4.78 is 11.5. The lowest BCUT2D eigenvalue weighted by Crippen LogP contribution is -2.65. The summed E-state index contributed by atoms with van der Waals surface area (Å²) in [6.45, 7) is 2.00. The van der Waals surface area contributed by atoms with Gasteiger partial charge in [-0.3, -0.25) is 4.79 Å². The molecule has 0 aromatic rings. The fourth-order valence-corrected chi connectivity index (χ4v) is 5.23. The molecule has 3 aliphatic rings. The summed E-state index contributed by atoms with van der Waals surface area (Å²) in [5.41, 5.74) is -0.787. The minimum absolute atomic E-state index is 0.0763. The standard InChI is InChI=1S/C18H31ClN2O8S/c1-6(19)10(16-13(25)12(24)14(26)18(29-16)30-2)21-17(27)11-15-7(4-20-11)3-8(22)9(23)5-28-15/h6-16,18,20,22-26H,3-5H2,1-2H3,(H,21,27)/t6-,7-,8+,9-,10+,11-,12?,13?,14+,15+,16+,18?/m0/s1. The minimum atomic E-state index is -1.45. The topological polar surface area (TPSA) is 161 Å². The molecule has 3 rings (SSSR count). The monoisotopic (exact) mass is 470 g/mol. The molecular formula is C18H31ClN2O8S. The van der Waals surface area contributed by atoms with Crippen LogP contribution in [-0.4, -0.2) is 116 Å². The van der Waals surface area contributed by atoms with Crippen molar-refractivity contribution in [1.82, 2.24) is 10.6 Å². The summed E-state index contributed by atoms with van der Waals surface area (Å²) in [7, 11) is 0. The van der Waals surface area contributed by atoms with Gasteiger partial charge in [-0.1, -0.05) is 0 Å². The van der Waals surface area contributed by atoms with E-state index in [-0.39, 0.29) is 12.5 Å². The highest BCUT2D eigenvalue weighted by atomic mass is 35.5. The summed E-state index contributed by atoms with van der Waals surface area (Å²) in [4.78, 5) is 13.0. The molecule has 3 fully saturated rings. The second kappa shape index (κ2) is 10.2. The molecule has 0 aliphatic carbocycles. The number of thioether (sulfide) groups is 1. The summed E-state index contributed by atoms with van der Waals surface area (Å²) in [5, 5.41) is 55.7. The number of fused-ring (bicyclic) bond motifs is 1. The second-order valence-corrected chi connectivity index (χ2v) is 9.83. The van der Waals surface area contributed by atoms with Crippen LogP contribution in [0.25, 0.3) is 0 Å². The van der Waals surface area contributed by atoms with Crippen molar-refractivity contribution in [3.05, 3.63) is 0 Å². The normalized spacial score (nSPS) is 46.5. The van der Waals surface area contributed by atoms with Gasteiger partial charge in [0, 0.05) is 12.5 Å². The number of carbonyl (C=O) groups is 1. The summed E-state index contributed by atoms with van der Waals surface area (Å²) >= 11 is 7.47. The Bertz CT molecular complexity index is 603. The number of aliphatic hydroxyl groups is 5. The Morgan fingerprint density at radius 2 is 1.87 bits per heavy atom. The third kappa shape index (κ3) is 4.90. The molecule has 1 amide bonds. The Morgan fingerprint density at radius 1 is 1.17 bits per heavy atom. The molecule has 10 nitrogen and oxygen atoms in total. The number of hydrogen-bond donors (Lipinski definition) is 7. The molecule has 0 aromatic carbocycles. The van der Waals surface area contributed by atoms with Crippen LogP contribution in [0.5, 0.6) is 0 Å². The van der Waals surface area contributed by atoms with Gasteiger partial charge >= 0.3 is 0 Å². The number of nitrogens with one attached hydrogen (secondary N) is 2. The largest absolute Gasteiger partial charge is 0.390 e. The lowest BCUT2D eigenvalue weighted by molar-refractivity contribution is -0.205. The predicted molar refractivity (Wildman–Crippen MR) is 109 cm³/mol. The molecule has 0 aromatic heterocycles. The first-order valence-corrected chi connectivity index (χ1v) is 11.8. The first-order chi connectivity index (χ1) is 14.1. The zero-order valence-electron chi connectivity index (χ0n) is 16.8. The van der Waals surface area contributed by atoms with Gasteiger partial charge in [0.1, 0.15) is 42.0 Å². The Kier molecular flexibility index (Phi) is 8.27. The summed E-state index contributed by atoms with van der Waals surface area (Å²) in [6.07, 6.45) is -5.65. The molecule has 0 spiro atoms. The molecule has 3 saturated heterocycles. The van der Waals surface area contributed by atoms with Gasteiger partial charge in [0.2, 0.25) is 5.91 Å². The van der Waals surface area contributed by atoms with E-state index in [1.807, 2.05) is 0 Å². The predicted octanol–water partition coefficient (Wildman–Crippen LogP) is -2.63. The van der Waals surface area contributed by atoms with Crippen molar-refractivity contribution >= 4 is 29.3 Å². The quantitative estimate of drug-likeness (QED) is 0.212.